The minimum absolute atomic E-state index is 0.0733. The van der Waals surface area contributed by atoms with Crippen molar-refractivity contribution in [2.75, 3.05) is 13.1 Å². The summed E-state index contributed by atoms with van der Waals surface area (Å²) in [5.74, 6) is 0.857. The van der Waals surface area contributed by atoms with Crippen molar-refractivity contribution >= 4 is 17.1 Å². The van der Waals surface area contributed by atoms with Crippen LogP contribution in [0.25, 0.3) is 11.2 Å². The van der Waals surface area contributed by atoms with Gasteiger partial charge in [-0.3, -0.25) is 24.0 Å². The van der Waals surface area contributed by atoms with E-state index in [1.165, 1.54) is 0 Å². The lowest BCUT2D eigenvalue weighted by molar-refractivity contribution is -0.121. The zero-order chi connectivity index (χ0) is 21.0. The number of likely N-dealkylation sites (tertiary alicyclic amines) is 1. The number of hydrogen-bond acceptors (Lipinski definition) is 5. The summed E-state index contributed by atoms with van der Waals surface area (Å²) in [6, 6.07) is 0.141. The van der Waals surface area contributed by atoms with Crippen LogP contribution in [0.5, 0.6) is 0 Å². The summed E-state index contributed by atoms with van der Waals surface area (Å²) in [6.45, 7) is 9.31. The van der Waals surface area contributed by atoms with E-state index in [4.69, 9.17) is 4.98 Å². The number of aromatic nitrogens is 4. The highest BCUT2D eigenvalue weighted by atomic mass is 16.2. The first-order valence-electron chi connectivity index (χ1n) is 10.7. The van der Waals surface area contributed by atoms with Crippen molar-refractivity contribution in [2.24, 2.45) is 0 Å². The molecule has 1 atom stereocenters. The number of imidazole rings is 1. The molecule has 3 heterocycles. The molecule has 0 bridgehead atoms. The second-order valence-electron chi connectivity index (χ2n) is 7.70. The van der Waals surface area contributed by atoms with Crippen LogP contribution in [0, 0.1) is 0 Å². The van der Waals surface area contributed by atoms with Crippen LogP contribution < -0.4 is 16.6 Å². The Morgan fingerprint density at radius 2 is 2.03 bits per heavy atom. The van der Waals surface area contributed by atoms with E-state index in [9.17, 15) is 14.4 Å². The molecule has 9 heteroatoms. The number of unbranched alkanes of at least 4 members (excludes halogenated alkanes) is 1. The number of fused-ring (bicyclic) bond motifs is 1. The van der Waals surface area contributed by atoms with Gasteiger partial charge < -0.3 is 9.88 Å². The Morgan fingerprint density at radius 1 is 1.24 bits per heavy atom. The monoisotopic (exact) mass is 404 g/mol. The summed E-state index contributed by atoms with van der Waals surface area (Å²) in [6.07, 6.45) is 4.26. The Hall–Kier alpha value is -2.42. The van der Waals surface area contributed by atoms with Crippen molar-refractivity contribution < 1.29 is 4.79 Å². The molecule has 2 N–H and O–H groups in total. The summed E-state index contributed by atoms with van der Waals surface area (Å²) >= 11 is 0. The number of amides is 1. The highest BCUT2D eigenvalue weighted by molar-refractivity contribution is 5.75. The van der Waals surface area contributed by atoms with Gasteiger partial charge in [0.1, 0.15) is 5.82 Å². The molecular formula is C20H32N6O3. The molecular weight excluding hydrogens is 372 g/mol. The van der Waals surface area contributed by atoms with Crippen molar-refractivity contribution in [3.8, 4) is 0 Å². The van der Waals surface area contributed by atoms with Crippen molar-refractivity contribution in [1.29, 1.82) is 0 Å². The molecule has 1 unspecified atom stereocenters. The van der Waals surface area contributed by atoms with E-state index in [0.29, 0.717) is 37.2 Å². The van der Waals surface area contributed by atoms with Gasteiger partial charge in [0.2, 0.25) is 5.91 Å². The maximum Gasteiger partial charge on any atom is 0.330 e. The summed E-state index contributed by atoms with van der Waals surface area (Å²) in [5, 5.41) is 3.08. The summed E-state index contributed by atoms with van der Waals surface area (Å²) in [4.78, 5) is 46.0. The van der Waals surface area contributed by atoms with Gasteiger partial charge in [0.05, 0.1) is 6.54 Å². The number of carbonyl (C=O) groups is 1. The lowest BCUT2D eigenvalue weighted by Crippen LogP contribution is -2.47. The fraction of sp³-hybridized carbons (Fsp3) is 0.700. The average molecular weight is 405 g/mol. The van der Waals surface area contributed by atoms with Crippen molar-refractivity contribution in [3.05, 3.63) is 26.7 Å². The Labute approximate surface area is 170 Å². The van der Waals surface area contributed by atoms with Gasteiger partial charge in [-0.2, -0.15) is 0 Å². The fourth-order valence-electron chi connectivity index (χ4n) is 4.05. The number of aromatic amines is 1. The Balaban J connectivity index is 1.91. The molecule has 1 saturated heterocycles. The molecule has 1 aliphatic heterocycles. The molecule has 29 heavy (non-hydrogen) atoms. The third-order valence-corrected chi connectivity index (χ3v) is 5.57. The maximum atomic E-state index is 12.5. The van der Waals surface area contributed by atoms with Gasteiger partial charge in [-0.05, 0) is 32.7 Å². The van der Waals surface area contributed by atoms with Crippen LogP contribution in [0.3, 0.4) is 0 Å². The van der Waals surface area contributed by atoms with Gasteiger partial charge in [-0.1, -0.05) is 20.3 Å². The van der Waals surface area contributed by atoms with E-state index >= 15 is 0 Å². The number of nitrogens with zero attached hydrogens (tertiary/aromatic N) is 4. The number of piperidine rings is 1. The Bertz CT molecular complexity index is 973. The molecule has 0 radical (unpaired) electrons. The van der Waals surface area contributed by atoms with Crippen LogP contribution in [0.2, 0.25) is 0 Å². The maximum absolute atomic E-state index is 12.5. The molecule has 3 rings (SSSR count). The molecule has 0 aliphatic carbocycles. The van der Waals surface area contributed by atoms with Crippen molar-refractivity contribution in [2.45, 2.75) is 78.6 Å². The van der Waals surface area contributed by atoms with Crippen LogP contribution in [0.1, 0.15) is 58.7 Å². The van der Waals surface area contributed by atoms with Crippen LogP contribution in [-0.2, 0) is 24.4 Å². The number of hydrogen-bond donors (Lipinski definition) is 2. The molecule has 1 aliphatic rings. The third kappa shape index (κ3) is 4.60. The van der Waals surface area contributed by atoms with E-state index in [1.807, 2.05) is 18.4 Å². The lowest BCUT2D eigenvalue weighted by atomic mass is 10.1. The van der Waals surface area contributed by atoms with Gasteiger partial charge >= 0.3 is 5.69 Å². The number of rotatable bonds is 8. The van der Waals surface area contributed by atoms with Crippen LogP contribution in [-0.4, -0.2) is 49.0 Å². The first-order valence-corrected chi connectivity index (χ1v) is 10.7. The van der Waals surface area contributed by atoms with Gasteiger partial charge in [0, 0.05) is 32.1 Å². The molecule has 0 saturated carbocycles. The normalized spacial score (nSPS) is 17.7. The van der Waals surface area contributed by atoms with Gasteiger partial charge in [-0.25, -0.2) is 9.78 Å². The van der Waals surface area contributed by atoms with E-state index in [2.05, 4.69) is 22.1 Å². The largest absolute Gasteiger partial charge is 0.352 e. The minimum atomic E-state index is -0.399. The average Bonchev–Trinajstić information content (AvgIpc) is 3.06. The predicted molar refractivity (Wildman–Crippen MR) is 112 cm³/mol. The summed E-state index contributed by atoms with van der Waals surface area (Å²) < 4.78 is 3.49. The minimum Gasteiger partial charge on any atom is -0.352 e. The van der Waals surface area contributed by atoms with E-state index in [0.717, 1.165) is 44.6 Å². The quantitative estimate of drug-likeness (QED) is 0.688. The van der Waals surface area contributed by atoms with E-state index < -0.39 is 5.69 Å². The summed E-state index contributed by atoms with van der Waals surface area (Å²) in [7, 11) is 0. The molecule has 1 amide bonds. The van der Waals surface area contributed by atoms with Crippen molar-refractivity contribution in [1.82, 2.24) is 29.3 Å². The SMILES string of the molecule is CCCCn1c(=O)[nH]c(=O)c2c1nc(CN1CCCC(NC(=O)CC)C1)n2CC. The Morgan fingerprint density at radius 3 is 2.72 bits per heavy atom. The van der Waals surface area contributed by atoms with Gasteiger partial charge in [0.25, 0.3) is 5.56 Å². The van der Waals surface area contributed by atoms with Crippen molar-refractivity contribution in [3.63, 3.8) is 0 Å². The zero-order valence-corrected chi connectivity index (χ0v) is 17.7. The smallest absolute Gasteiger partial charge is 0.330 e. The lowest BCUT2D eigenvalue weighted by Gasteiger charge is -2.32. The second-order valence-corrected chi connectivity index (χ2v) is 7.70. The molecule has 160 valence electrons. The van der Waals surface area contributed by atoms with Crippen LogP contribution in [0.4, 0.5) is 0 Å². The standard InChI is InChI=1S/C20H32N6O3/c1-4-7-11-26-18-17(19(28)23-20(26)29)25(6-3)15(22-18)13-24-10-8-9-14(12-24)21-16(27)5-2/h14H,4-13H2,1-3H3,(H,21,27)(H,23,28,29). The molecule has 2 aromatic heterocycles. The predicted octanol–water partition coefficient (Wildman–Crippen LogP) is 1.20. The topological polar surface area (TPSA) is 105 Å². The number of nitrogens with one attached hydrogen (secondary N) is 2. The number of aryl methyl sites for hydroxylation is 2. The first-order chi connectivity index (χ1) is 14.0. The highest BCUT2D eigenvalue weighted by Gasteiger charge is 2.24. The molecule has 0 spiro atoms. The van der Waals surface area contributed by atoms with E-state index in [1.54, 1.807) is 4.57 Å². The van der Waals surface area contributed by atoms with Gasteiger partial charge in [-0.15, -0.1) is 0 Å². The molecule has 1 fully saturated rings. The second kappa shape index (κ2) is 9.39. The van der Waals surface area contributed by atoms with Crippen LogP contribution >= 0.6 is 0 Å². The number of carbonyl (C=O) groups excluding carboxylic acids is 1. The van der Waals surface area contributed by atoms with Gasteiger partial charge in [0.15, 0.2) is 11.2 Å². The Kier molecular flexibility index (Phi) is 6.89. The zero-order valence-electron chi connectivity index (χ0n) is 17.7. The highest BCUT2D eigenvalue weighted by Crippen LogP contribution is 2.17. The fourth-order valence-corrected chi connectivity index (χ4v) is 4.05. The van der Waals surface area contributed by atoms with E-state index in [-0.39, 0.29) is 17.5 Å². The number of H-pyrrole nitrogens is 1. The first kappa shape index (κ1) is 21.3. The molecule has 2 aromatic rings. The van der Waals surface area contributed by atoms with Crippen LogP contribution in [0.15, 0.2) is 9.59 Å². The molecule has 0 aromatic carbocycles. The third-order valence-electron chi connectivity index (χ3n) is 5.57. The molecule has 9 nitrogen and oxygen atoms in total. The summed E-state index contributed by atoms with van der Waals surface area (Å²) in [5.41, 5.74) is 0.150.